The third kappa shape index (κ3) is 3.34. The van der Waals surface area contributed by atoms with E-state index in [-0.39, 0.29) is 30.7 Å². The van der Waals surface area contributed by atoms with Crippen LogP contribution in [-0.2, 0) is 6.54 Å². The Morgan fingerprint density at radius 1 is 1.67 bits per heavy atom. The van der Waals surface area contributed by atoms with Crippen LogP contribution < -0.4 is 10.9 Å². The van der Waals surface area contributed by atoms with E-state index >= 15 is 0 Å². The Morgan fingerprint density at radius 3 is 2.83 bits per heavy atom. The van der Waals surface area contributed by atoms with E-state index in [9.17, 15) is 9.90 Å². The molecule has 2 N–H and O–H groups in total. The average molecular weight is 314 g/mol. The lowest BCUT2D eigenvalue weighted by atomic mass is 10.1. The molecule has 0 spiro atoms. The number of aromatic nitrogens is 2. The van der Waals surface area contributed by atoms with Gasteiger partial charge in [-0.2, -0.15) is 5.10 Å². The number of nitrogens with zero attached hydrogens (tertiary/aromatic N) is 2. The molecular formula is C12H16BrN3O2. The third-order valence-electron chi connectivity index (χ3n) is 2.57. The molecule has 1 aromatic heterocycles. The Kier molecular flexibility index (Phi) is 5.38. The van der Waals surface area contributed by atoms with Gasteiger partial charge in [0, 0.05) is 0 Å². The average Bonchev–Trinajstić information content (AvgIpc) is 2.34. The minimum Gasteiger partial charge on any atom is -0.394 e. The van der Waals surface area contributed by atoms with Gasteiger partial charge >= 0.3 is 0 Å². The van der Waals surface area contributed by atoms with Gasteiger partial charge in [-0.1, -0.05) is 19.8 Å². The summed E-state index contributed by atoms with van der Waals surface area (Å²) in [6.45, 7) is 4.08. The second-order valence-electron chi connectivity index (χ2n) is 4.22. The predicted octanol–water partition coefficient (Wildman–Crippen LogP) is 1.07. The Bertz CT molecular complexity index is 505. The number of aliphatic hydroxyl groups excluding tert-OH is 1. The van der Waals surface area contributed by atoms with Crippen LogP contribution in [0.15, 0.2) is 15.5 Å². The van der Waals surface area contributed by atoms with Crippen LogP contribution >= 0.6 is 15.9 Å². The molecular weight excluding hydrogens is 298 g/mol. The van der Waals surface area contributed by atoms with Crippen LogP contribution in [-0.4, -0.2) is 27.5 Å². The van der Waals surface area contributed by atoms with E-state index in [2.05, 4.69) is 32.3 Å². The number of rotatable bonds is 5. The van der Waals surface area contributed by atoms with Crippen molar-refractivity contribution in [3.05, 3.63) is 21.0 Å². The summed E-state index contributed by atoms with van der Waals surface area (Å²) >= 11 is 3.22. The molecule has 0 bridgehead atoms. The Morgan fingerprint density at radius 2 is 2.33 bits per heavy atom. The first-order valence-corrected chi connectivity index (χ1v) is 6.37. The standard InChI is InChI=1S/C12H16BrN3O2/c1-4-5-16-12(18)11(13)9(6-14-16)15-10(7-17)8(2)3/h1,6,8,10,15,17H,5,7H2,2-3H3/t10-/m1/s1. The van der Waals surface area contributed by atoms with Crippen LogP contribution in [0.4, 0.5) is 5.69 Å². The number of terminal acetylenes is 1. The zero-order valence-corrected chi connectivity index (χ0v) is 11.9. The van der Waals surface area contributed by atoms with Gasteiger partial charge in [0.15, 0.2) is 0 Å². The van der Waals surface area contributed by atoms with Crippen molar-refractivity contribution in [2.24, 2.45) is 5.92 Å². The molecule has 0 saturated heterocycles. The van der Waals surface area contributed by atoms with Gasteiger partial charge in [0.05, 0.1) is 24.5 Å². The van der Waals surface area contributed by atoms with Gasteiger partial charge in [0.2, 0.25) is 0 Å². The largest absolute Gasteiger partial charge is 0.394 e. The highest BCUT2D eigenvalue weighted by atomic mass is 79.9. The molecule has 1 aromatic rings. The van der Waals surface area contributed by atoms with Gasteiger partial charge in [0.25, 0.3) is 5.56 Å². The van der Waals surface area contributed by atoms with Crippen LogP contribution in [0.2, 0.25) is 0 Å². The monoisotopic (exact) mass is 313 g/mol. The number of halogens is 1. The first kappa shape index (κ1) is 14.7. The van der Waals surface area contributed by atoms with Crippen molar-refractivity contribution in [2.45, 2.75) is 26.4 Å². The first-order valence-electron chi connectivity index (χ1n) is 5.57. The third-order valence-corrected chi connectivity index (χ3v) is 3.33. The molecule has 1 rings (SSSR count). The number of nitrogens with one attached hydrogen (secondary N) is 1. The van der Waals surface area contributed by atoms with E-state index in [1.54, 1.807) is 0 Å². The van der Waals surface area contributed by atoms with Gasteiger partial charge in [-0.05, 0) is 21.8 Å². The molecule has 0 amide bonds. The summed E-state index contributed by atoms with van der Waals surface area (Å²) in [6.07, 6.45) is 6.67. The second kappa shape index (κ2) is 6.57. The minimum atomic E-state index is -0.293. The van der Waals surface area contributed by atoms with Crippen molar-refractivity contribution in [2.75, 3.05) is 11.9 Å². The summed E-state index contributed by atoms with van der Waals surface area (Å²) in [5.74, 6) is 2.59. The van der Waals surface area contributed by atoms with Crippen LogP contribution in [0.1, 0.15) is 13.8 Å². The lowest BCUT2D eigenvalue weighted by molar-refractivity contribution is 0.249. The summed E-state index contributed by atoms with van der Waals surface area (Å²) in [5.41, 5.74) is 0.263. The summed E-state index contributed by atoms with van der Waals surface area (Å²) < 4.78 is 1.56. The maximum absolute atomic E-state index is 11.9. The molecule has 1 atom stereocenters. The molecule has 1 heterocycles. The normalized spacial score (nSPS) is 12.2. The number of aliphatic hydroxyl groups is 1. The molecule has 0 aliphatic rings. The van der Waals surface area contributed by atoms with E-state index in [0.717, 1.165) is 0 Å². The molecule has 0 aliphatic carbocycles. The fourth-order valence-electron chi connectivity index (χ4n) is 1.39. The predicted molar refractivity (Wildman–Crippen MR) is 74.4 cm³/mol. The van der Waals surface area contributed by atoms with Crippen LogP contribution in [0.5, 0.6) is 0 Å². The number of hydrogen-bond acceptors (Lipinski definition) is 4. The molecule has 0 aliphatic heterocycles. The summed E-state index contributed by atoms with van der Waals surface area (Å²) in [5, 5.41) is 16.3. The maximum Gasteiger partial charge on any atom is 0.284 e. The fraction of sp³-hybridized carbons (Fsp3) is 0.500. The number of hydrogen-bond donors (Lipinski definition) is 2. The zero-order chi connectivity index (χ0) is 13.7. The molecule has 98 valence electrons. The quantitative estimate of drug-likeness (QED) is 0.798. The van der Waals surface area contributed by atoms with Crippen molar-refractivity contribution in [3.8, 4) is 12.3 Å². The van der Waals surface area contributed by atoms with E-state index < -0.39 is 0 Å². The highest BCUT2D eigenvalue weighted by molar-refractivity contribution is 9.10. The fourth-order valence-corrected chi connectivity index (χ4v) is 1.81. The molecule has 0 radical (unpaired) electrons. The van der Waals surface area contributed by atoms with Crippen molar-refractivity contribution in [3.63, 3.8) is 0 Å². The van der Waals surface area contributed by atoms with E-state index in [0.29, 0.717) is 10.2 Å². The second-order valence-corrected chi connectivity index (χ2v) is 5.01. The van der Waals surface area contributed by atoms with Crippen molar-refractivity contribution in [1.82, 2.24) is 9.78 Å². The Balaban J connectivity index is 3.02. The van der Waals surface area contributed by atoms with Gasteiger partial charge in [-0.3, -0.25) is 4.79 Å². The molecule has 6 heteroatoms. The molecule has 0 aromatic carbocycles. The molecule has 18 heavy (non-hydrogen) atoms. The van der Waals surface area contributed by atoms with Crippen molar-refractivity contribution in [1.29, 1.82) is 0 Å². The van der Waals surface area contributed by atoms with Gasteiger partial charge < -0.3 is 10.4 Å². The van der Waals surface area contributed by atoms with Crippen molar-refractivity contribution < 1.29 is 5.11 Å². The zero-order valence-electron chi connectivity index (χ0n) is 10.4. The lowest BCUT2D eigenvalue weighted by Gasteiger charge is -2.21. The van der Waals surface area contributed by atoms with Gasteiger partial charge in [-0.15, -0.1) is 6.42 Å². The van der Waals surface area contributed by atoms with E-state index in [1.807, 2.05) is 13.8 Å². The molecule has 5 nitrogen and oxygen atoms in total. The van der Waals surface area contributed by atoms with Crippen LogP contribution in [0, 0.1) is 18.3 Å². The van der Waals surface area contributed by atoms with Gasteiger partial charge in [0.1, 0.15) is 11.0 Å². The molecule has 0 unspecified atom stereocenters. The Hall–Kier alpha value is -1.32. The van der Waals surface area contributed by atoms with Crippen molar-refractivity contribution >= 4 is 21.6 Å². The maximum atomic E-state index is 11.9. The molecule has 0 fully saturated rings. The lowest BCUT2D eigenvalue weighted by Crippen LogP contribution is -2.31. The van der Waals surface area contributed by atoms with Crippen LogP contribution in [0.3, 0.4) is 0 Å². The van der Waals surface area contributed by atoms with Crippen LogP contribution in [0.25, 0.3) is 0 Å². The summed E-state index contributed by atoms with van der Waals surface area (Å²) in [6, 6.07) is -0.133. The van der Waals surface area contributed by atoms with E-state index in [4.69, 9.17) is 6.42 Å². The molecule has 0 saturated carbocycles. The smallest absolute Gasteiger partial charge is 0.284 e. The Labute approximate surface area is 114 Å². The number of anilines is 1. The van der Waals surface area contributed by atoms with E-state index in [1.165, 1.54) is 10.9 Å². The summed E-state index contributed by atoms with van der Waals surface area (Å²) in [7, 11) is 0. The highest BCUT2D eigenvalue weighted by Crippen LogP contribution is 2.19. The topological polar surface area (TPSA) is 67.2 Å². The SMILES string of the molecule is C#CCn1ncc(N[C@H](CO)C(C)C)c(Br)c1=O. The highest BCUT2D eigenvalue weighted by Gasteiger charge is 2.15. The summed E-state index contributed by atoms with van der Waals surface area (Å²) in [4.78, 5) is 11.9. The first-order chi connectivity index (χ1) is 8.51. The van der Waals surface area contributed by atoms with Gasteiger partial charge in [-0.25, -0.2) is 4.68 Å². The minimum absolute atomic E-state index is 0.0163.